The van der Waals surface area contributed by atoms with Crippen LogP contribution in [0.1, 0.15) is 59.3 Å². The highest BCUT2D eigenvalue weighted by atomic mass is 16.5. The minimum absolute atomic E-state index is 0.515. The smallest absolute Gasteiger partial charge is 0.162 e. The Balaban J connectivity index is 3.50. The molecule has 80 valence electrons. The Morgan fingerprint density at radius 2 is 1.62 bits per heavy atom. The Hall–Kier alpha value is -0.0800. The van der Waals surface area contributed by atoms with Crippen LogP contribution in [0.4, 0.5) is 0 Å². The van der Waals surface area contributed by atoms with Gasteiger partial charge in [0.2, 0.25) is 0 Å². The molecule has 2 nitrogen and oxygen atoms in total. The van der Waals surface area contributed by atoms with Crippen LogP contribution in [0.15, 0.2) is 0 Å². The van der Waals surface area contributed by atoms with E-state index in [2.05, 4.69) is 20.8 Å². The van der Waals surface area contributed by atoms with Crippen LogP contribution in [-0.2, 0) is 0 Å². The number of hydrogen-bond acceptors (Lipinski definition) is 2. The Morgan fingerprint density at radius 3 is 2.08 bits per heavy atom. The number of rotatable bonds is 7. The van der Waals surface area contributed by atoms with Gasteiger partial charge in [-0.2, -0.15) is 0 Å². The molecule has 0 saturated heterocycles. The van der Waals surface area contributed by atoms with E-state index in [1.165, 1.54) is 0 Å². The van der Waals surface area contributed by atoms with Crippen LogP contribution in [0.2, 0.25) is 0 Å². The van der Waals surface area contributed by atoms with E-state index in [-0.39, 0.29) is 0 Å². The number of unbranched alkanes of at least 4 members (excludes halogenated alkanes) is 1. The van der Waals surface area contributed by atoms with Crippen molar-refractivity contribution in [1.29, 1.82) is 0 Å². The summed E-state index contributed by atoms with van der Waals surface area (Å²) >= 11 is 0. The molecule has 0 saturated carbocycles. The molecule has 0 amide bonds. The number of aliphatic hydroxyl groups is 2. The first-order chi connectivity index (χ1) is 5.98. The van der Waals surface area contributed by atoms with Crippen molar-refractivity contribution in [3.05, 3.63) is 0 Å². The third-order valence-electron chi connectivity index (χ3n) is 2.29. The lowest BCUT2D eigenvalue weighted by Gasteiger charge is -2.21. The lowest BCUT2D eigenvalue weighted by molar-refractivity contribution is -0.172. The van der Waals surface area contributed by atoms with Gasteiger partial charge in [0, 0.05) is 12.8 Å². The Labute approximate surface area is 82.0 Å². The maximum Gasteiger partial charge on any atom is 0.162 e. The first-order valence-electron chi connectivity index (χ1n) is 5.42. The molecular weight excluding hydrogens is 164 g/mol. The Bertz CT molecular complexity index is 119. The topological polar surface area (TPSA) is 40.5 Å². The average molecular weight is 188 g/mol. The second-order valence-corrected chi connectivity index (χ2v) is 4.37. The lowest BCUT2D eigenvalue weighted by Crippen LogP contribution is -2.27. The van der Waals surface area contributed by atoms with E-state index in [9.17, 15) is 10.2 Å². The van der Waals surface area contributed by atoms with Crippen LogP contribution < -0.4 is 0 Å². The Morgan fingerprint density at radius 1 is 1.08 bits per heavy atom. The summed E-state index contributed by atoms with van der Waals surface area (Å²) in [7, 11) is 0. The van der Waals surface area contributed by atoms with Gasteiger partial charge in [0.25, 0.3) is 0 Å². The molecular formula is C11H24O2. The molecule has 0 aliphatic carbocycles. The summed E-state index contributed by atoms with van der Waals surface area (Å²) in [4.78, 5) is 0. The monoisotopic (exact) mass is 188 g/mol. The molecule has 0 radical (unpaired) electrons. The highest BCUT2D eigenvalue weighted by molar-refractivity contribution is 4.64. The lowest BCUT2D eigenvalue weighted by atomic mass is 9.99. The van der Waals surface area contributed by atoms with Gasteiger partial charge in [-0.05, 0) is 18.8 Å². The van der Waals surface area contributed by atoms with E-state index < -0.39 is 5.79 Å². The van der Waals surface area contributed by atoms with Crippen LogP contribution >= 0.6 is 0 Å². The van der Waals surface area contributed by atoms with Gasteiger partial charge in [-0.1, -0.05) is 33.6 Å². The number of hydrogen-bond donors (Lipinski definition) is 2. The molecule has 2 heteroatoms. The molecule has 0 heterocycles. The molecule has 0 unspecified atom stereocenters. The largest absolute Gasteiger partial charge is 0.366 e. The molecule has 0 rings (SSSR count). The summed E-state index contributed by atoms with van der Waals surface area (Å²) in [5.41, 5.74) is 0. The second-order valence-electron chi connectivity index (χ2n) is 4.37. The summed E-state index contributed by atoms with van der Waals surface area (Å²) in [6.45, 7) is 6.37. The van der Waals surface area contributed by atoms with Crippen LogP contribution in [0, 0.1) is 5.92 Å². The highest BCUT2D eigenvalue weighted by Gasteiger charge is 2.21. The molecule has 0 atom stereocenters. The van der Waals surface area contributed by atoms with Gasteiger partial charge in [0.1, 0.15) is 0 Å². The average Bonchev–Trinajstić information content (AvgIpc) is 2.00. The van der Waals surface area contributed by atoms with Crippen molar-refractivity contribution < 1.29 is 10.2 Å². The van der Waals surface area contributed by atoms with E-state index in [1.807, 2.05) is 0 Å². The van der Waals surface area contributed by atoms with E-state index in [1.54, 1.807) is 0 Å². The van der Waals surface area contributed by atoms with Gasteiger partial charge in [-0.25, -0.2) is 0 Å². The van der Waals surface area contributed by atoms with Crippen molar-refractivity contribution in [1.82, 2.24) is 0 Å². The quantitative estimate of drug-likeness (QED) is 0.603. The molecule has 0 aromatic rings. The molecule has 0 spiro atoms. The normalized spacial score (nSPS) is 12.5. The highest BCUT2D eigenvalue weighted by Crippen LogP contribution is 2.19. The molecule has 13 heavy (non-hydrogen) atoms. The maximum atomic E-state index is 9.51. The minimum Gasteiger partial charge on any atom is -0.366 e. The van der Waals surface area contributed by atoms with Crippen molar-refractivity contribution in [2.24, 2.45) is 5.92 Å². The molecule has 0 aliphatic heterocycles. The fourth-order valence-corrected chi connectivity index (χ4v) is 1.38. The van der Waals surface area contributed by atoms with Crippen molar-refractivity contribution >= 4 is 0 Å². The second kappa shape index (κ2) is 6.39. The van der Waals surface area contributed by atoms with E-state index in [0.717, 1.165) is 25.7 Å². The zero-order valence-corrected chi connectivity index (χ0v) is 9.21. The van der Waals surface area contributed by atoms with Crippen molar-refractivity contribution in [3.8, 4) is 0 Å². The van der Waals surface area contributed by atoms with Gasteiger partial charge < -0.3 is 10.2 Å². The first kappa shape index (κ1) is 12.9. The maximum absolute atomic E-state index is 9.51. The Kier molecular flexibility index (Phi) is 6.35. The van der Waals surface area contributed by atoms with Crippen molar-refractivity contribution in [2.75, 3.05) is 0 Å². The summed E-state index contributed by atoms with van der Waals surface area (Å²) < 4.78 is 0. The fraction of sp³-hybridized carbons (Fsp3) is 1.00. The van der Waals surface area contributed by atoms with Crippen molar-refractivity contribution in [2.45, 2.75) is 65.1 Å². The molecule has 0 aliphatic rings. The predicted octanol–water partition coefficient (Wildman–Crippen LogP) is 2.68. The fourth-order valence-electron chi connectivity index (χ4n) is 1.38. The first-order valence-corrected chi connectivity index (χ1v) is 5.42. The van der Waals surface area contributed by atoms with Gasteiger partial charge in [0.05, 0.1) is 0 Å². The molecule has 0 bridgehead atoms. The van der Waals surface area contributed by atoms with Gasteiger partial charge in [-0.15, -0.1) is 0 Å². The van der Waals surface area contributed by atoms with Gasteiger partial charge in [0.15, 0.2) is 5.79 Å². The third kappa shape index (κ3) is 8.26. The summed E-state index contributed by atoms with van der Waals surface area (Å²) in [6.07, 6.45) is 4.94. The molecule has 0 fully saturated rings. The van der Waals surface area contributed by atoms with E-state index >= 15 is 0 Å². The van der Waals surface area contributed by atoms with Crippen LogP contribution in [-0.4, -0.2) is 16.0 Å². The summed E-state index contributed by atoms with van der Waals surface area (Å²) in [5.74, 6) is -0.757. The minimum atomic E-state index is -1.41. The van der Waals surface area contributed by atoms with Crippen molar-refractivity contribution in [3.63, 3.8) is 0 Å². The van der Waals surface area contributed by atoms with Crippen LogP contribution in [0.3, 0.4) is 0 Å². The SMILES string of the molecule is CCCCC(O)(O)CCCC(C)C. The van der Waals surface area contributed by atoms with Gasteiger partial charge >= 0.3 is 0 Å². The van der Waals surface area contributed by atoms with E-state index in [4.69, 9.17) is 0 Å². The van der Waals surface area contributed by atoms with E-state index in [0.29, 0.717) is 18.8 Å². The zero-order valence-electron chi connectivity index (χ0n) is 9.21. The molecule has 0 aromatic carbocycles. The summed E-state index contributed by atoms with van der Waals surface area (Å²) in [5, 5.41) is 19.0. The van der Waals surface area contributed by atoms with Crippen LogP contribution in [0.25, 0.3) is 0 Å². The molecule has 0 aromatic heterocycles. The zero-order chi connectivity index (χ0) is 10.3. The molecule has 2 N–H and O–H groups in total. The third-order valence-corrected chi connectivity index (χ3v) is 2.29. The van der Waals surface area contributed by atoms with Crippen LogP contribution in [0.5, 0.6) is 0 Å². The predicted molar refractivity (Wildman–Crippen MR) is 55.4 cm³/mol. The summed E-state index contributed by atoms with van der Waals surface area (Å²) in [6, 6.07) is 0. The van der Waals surface area contributed by atoms with Gasteiger partial charge in [-0.3, -0.25) is 0 Å². The standard InChI is InChI=1S/C11H24O2/c1-4-5-8-11(12,13)9-6-7-10(2)3/h10,12-13H,4-9H2,1-3H3.